The maximum absolute atomic E-state index is 5.27. The molecule has 0 aliphatic rings. The molecule has 4 heterocycles. The van der Waals surface area contributed by atoms with E-state index in [0.717, 1.165) is 61.0 Å². The maximum atomic E-state index is 5.27. The molecule has 11 rings (SSSR count). The summed E-state index contributed by atoms with van der Waals surface area (Å²) in [5.41, 5.74) is 9.22. The van der Waals surface area contributed by atoms with Crippen molar-refractivity contribution in [2.45, 2.75) is 0 Å². The smallest absolute Gasteiger partial charge is 0.235 e. The van der Waals surface area contributed by atoms with Crippen molar-refractivity contribution in [1.29, 1.82) is 0 Å². The van der Waals surface area contributed by atoms with Crippen LogP contribution in [0, 0.1) is 0 Å². The Morgan fingerprint density at radius 3 is 1.75 bits per heavy atom. The van der Waals surface area contributed by atoms with Crippen LogP contribution in [0.4, 0.5) is 0 Å². The summed E-state index contributed by atoms with van der Waals surface area (Å²) in [5.74, 6) is 0.632. The fraction of sp³-hybridized carbons (Fsp3) is 0. The Bertz CT molecular complexity index is 3100. The highest BCUT2D eigenvalue weighted by Gasteiger charge is 2.23. The van der Waals surface area contributed by atoms with Crippen LogP contribution in [0.15, 0.2) is 176 Å². The molecule has 0 amide bonds. The summed E-state index contributed by atoms with van der Waals surface area (Å²) in [6, 6.07) is 58.0. The standard InChI is InChI=1S/C47H29N5/c1-3-12-30(13-4-1)40-28-41(31-14-5-2-6-15-31)50-47(49-40)52-42-20-10-9-19-38(42)45-43(52)22-21-37-39-26-34-24-32-16-7-8-17-33(32)25-35(34)27-44(39)51(46(37)45)36-18-11-23-48-29-36/h1-29H. The van der Waals surface area contributed by atoms with Gasteiger partial charge in [-0.1, -0.05) is 109 Å². The molecule has 0 bridgehead atoms. The molecule has 4 aromatic heterocycles. The Morgan fingerprint density at radius 1 is 0.404 bits per heavy atom. The van der Waals surface area contributed by atoms with Crippen molar-refractivity contribution in [1.82, 2.24) is 24.1 Å². The molecular formula is C47H29N5. The lowest BCUT2D eigenvalue weighted by atomic mass is 10.0. The first-order valence-corrected chi connectivity index (χ1v) is 17.5. The minimum atomic E-state index is 0.632. The van der Waals surface area contributed by atoms with Gasteiger partial charge in [-0.2, -0.15) is 0 Å². The molecule has 5 heteroatoms. The van der Waals surface area contributed by atoms with E-state index >= 15 is 0 Å². The van der Waals surface area contributed by atoms with Gasteiger partial charge in [-0.3, -0.25) is 9.55 Å². The number of aromatic nitrogens is 5. The van der Waals surface area contributed by atoms with Gasteiger partial charge in [-0.25, -0.2) is 9.97 Å². The molecule has 11 aromatic rings. The van der Waals surface area contributed by atoms with Gasteiger partial charge in [0.05, 0.1) is 45.3 Å². The van der Waals surface area contributed by atoms with Gasteiger partial charge in [-0.05, 0) is 76.1 Å². The molecule has 0 spiro atoms. The fourth-order valence-electron chi connectivity index (χ4n) is 8.01. The number of benzene rings is 7. The molecule has 0 aliphatic carbocycles. The number of nitrogens with zero attached hydrogens (tertiary/aromatic N) is 5. The zero-order valence-corrected chi connectivity index (χ0v) is 28.0. The average Bonchev–Trinajstić information content (AvgIpc) is 3.72. The average molecular weight is 664 g/mol. The van der Waals surface area contributed by atoms with Crippen molar-refractivity contribution >= 4 is 65.2 Å². The minimum Gasteiger partial charge on any atom is -0.307 e. The van der Waals surface area contributed by atoms with Crippen LogP contribution in [0.5, 0.6) is 0 Å². The number of hydrogen-bond donors (Lipinski definition) is 0. The van der Waals surface area contributed by atoms with E-state index < -0.39 is 0 Å². The van der Waals surface area contributed by atoms with Crippen LogP contribution in [0.1, 0.15) is 0 Å². The zero-order chi connectivity index (χ0) is 34.2. The maximum Gasteiger partial charge on any atom is 0.235 e. The van der Waals surface area contributed by atoms with Gasteiger partial charge in [0.1, 0.15) is 0 Å². The SMILES string of the molecule is c1ccc(-c2cc(-c3ccccc3)nc(-n3c4ccccc4c4c3ccc3c5cc6cc7ccccc7cc6cc5n(-c5cccnc5)c34)n2)cc1. The van der Waals surface area contributed by atoms with Gasteiger partial charge in [0.15, 0.2) is 0 Å². The first-order valence-electron chi connectivity index (χ1n) is 17.5. The monoisotopic (exact) mass is 663 g/mol. The second kappa shape index (κ2) is 11.2. The third-order valence-corrected chi connectivity index (χ3v) is 10.3. The fourth-order valence-corrected chi connectivity index (χ4v) is 8.01. The van der Waals surface area contributed by atoms with Crippen LogP contribution in [0.3, 0.4) is 0 Å². The van der Waals surface area contributed by atoms with Crippen molar-refractivity contribution in [3.63, 3.8) is 0 Å². The van der Waals surface area contributed by atoms with Gasteiger partial charge in [0, 0.05) is 38.9 Å². The molecule has 0 unspecified atom stereocenters. The molecule has 52 heavy (non-hydrogen) atoms. The van der Waals surface area contributed by atoms with Crippen molar-refractivity contribution in [2.24, 2.45) is 0 Å². The summed E-state index contributed by atoms with van der Waals surface area (Å²) in [5, 5.41) is 9.58. The van der Waals surface area contributed by atoms with Gasteiger partial charge >= 0.3 is 0 Å². The van der Waals surface area contributed by atoms with E-state index in [9.17, 15) is 0 Å². The quantitative estimate of drug-likeness (QED) is 0.176. The first-order chi connectivity index (χ1) is 25.8. The highest BCUT2D eigenvalue weighted by atomic mass is 15.2. The summed E-state index contributed by atoms with van der Waals surface area (Å²) in [6.07, 6.45) is 3.79. The molecule has 0 saturated carbocycles. The summed E-state index contributed by atoms with van der Waals surface area (Å²) in [7, 11) is 0. The zero-order valence-electron chi connectivity index (χ0n) is 28.0. The Labute approximate surface area is 298 Å². The van der Waals surface area contributed by atoms with E-state index in [1.807, 2.05) is 30.6 Å². The van der Waals surface area contributed by atoms with E-state index in [-0.39, 0.29) is 0 Å². The van der Waals surface area contributed by atoms with E-state index in [2.05, 4.69) is 160 Å². The first kappa shape index (κ1) is 28.7. The summed E-state index contributed by atoms with van der Waals surface area (Å²) >= 11 is 0. The Hall–Kier alpha value is -7.11. The van der Waals surface area contributed by atoms with Crippen LogP contribution < -0.4 is 0 Å². The Kier molecular flexibility index (Phi) is 6.18. The third-order valence-electron chi connectivity index (χ3n) is 10.3. The highest BCUT2D eigenvalue weighted by molar-refractivity contribution is 6.27. The van der Waals surface area contributed by atoms with E-state index in [4.69, 9.17) is 9.97 Å². The van der Waals surface area contributed by atoms with Crippen LogP contribution in [-0.4, -0.2) is 24.1 Å². The number of para-hydroxylation sites is 1. The molecule has 0 atom stereocenters. The van der Waals surface area contributed by atoms with Gasteiger partial charge in [0.25, 0.3) is 0 Å². The molecule has 0 saturated heterocycles. The Morgan fingerprint density at radius 2 is 1.06 bits per heavy atom. The van der Waals surface area contributed by atoms with Crippen molar-refractivity contribution in [3.8, 4) is 34.2 Å². The molecule has 0 aliphatic heterocycles. The molecule has 0 fully saturated rings. The van der Waals surface area contributed by atoms with E-state index in [1.54, 1.807) is 0 Å². The van der Waals surface area contributed by atoms with Gasteiger partial charge < -0.3 is 4.57 Å². The second-order valence-corrected chi connectivity index (χ2v) is 13.3. The normalized spacial score (nSPS) is 11.8. The molecule has 242 valence electrons. The summed E-state index contributed by atoms with van der Waals surface area (Å²) < 4.78 is 4.62. The molecule has 0 N–H and O–H groups in total. The second-order valence-electron chi connectivity index (χ2n) is 13.3. The van der Waals surface area contributed by atoms with Crippen molar-refractivity contribution in [2.75, 3.05) is 0 Å². The highest BCUT2D eigenvalue weighted by Crippen LogP contribution is 2.43. The number of pyridine rings is 1. The third kappa shape index (κ3) is 4.33. The lowest BCUT2D eigenvalue weighted by Gasteiger charge is -2.12. The Balaban J connectivity index is 1.28. The predicted molar refractivity (Wildman–Crippen MR) is 214 cm³/mol. The van der Waals surface area contributed by atoms with E-state index in [0.29, 0.717) is 5.95 Å². The van der Waals surface area contributed by atoms with Crippen LogP contribution in [0.2, 0.25) is 0 Å². The number of fused-ring (bicyclic) bond motifs is 9. The van der Waals surface area contributed by atoms with Crippen LogP contribution in [0.25, 0.3) is 99.3 Å². The lowest BCUT2D eigenvalue weighted by Crippen LogP contribution is -2.04. The number of rotatable bonds is 4. The largest absolute Gasteiger partial charge is 0.307 e. The van der Waals surface area contributed by atoms with Crippen molar-refractivity contribution < 1.29 is 0 Å². The number of hydrogen-bond acceptors (Lipinski definition) is 3. The van der Waals surface area contributed by atoms with E-state index in [1.165, 1.54) is 32.3 Å². The lowest BCUT2D eigenvalue weighted by molar-refractivity contribution is 0.996. The molecule has 7 aromatic carbocycles. The van der Waals surface area contributed by atoms with Gasteiger partial charge in [-0.15, -0.1) is 0 Å². The minimum absolute atomic E-state index is 0.632. The summed E-state index contributed by atoms with van der Waals surface area (Å²) in [4.78, 5) is 15.1. The van der Waals surface area contributed by atoms with Crippen molar-refractivity contribution in [3.05, 3.63) is 176 Å². The van der Waals surface area contributed by atoms with Crippen LogP contribution >= 0.6 is 0 Å². The predicted octanol–water partition coefficient (Wildman–Crippen LogP) is 11.7. The molecule has 5 nitrogen and oxygen atoms in total. The van der Waals surface area contributed by atoms with Gasteiger partial charge in [0.2, 0.25) is 5.95 Å². The topological polar surface area (TPSA) is 48.5 Å². The molecular weight excluding hydrogens is 635 g/mol. The van der Waals surface area contributed by atoms with Crippen LogP contribution in [-0.2, 0) is 0 Å². The summed E-state index contributed by atoms with van der Waals surface area (Å²) in [6.45, 7) is 0. The molecule has 0 radical (unpaired) electrons.